The zero-order chi connectivity index (χ0) is 27.7. The van der Waals surface area contributed by atoms with Gasteiger partial charge in [0.15, 0.2) is 0 Å². The van der Waals surface area contributed by atoms with Crippen LogP contribution in [-0.2, 0) is 14.4 Å². The van der Waals surface area contributed by atoms with Crippen molar-refractivity contribution in [2.45, 2.75) is 130 Å². The molecule has 0 fully saturated rings. The summed E-state index contributed by atoms with van der Waals surface area (Å²) in [5, 5.41) is 24.5. The van der Waals surface area contributed by atoms with Gasteiger partial charge in [0.05, 0.1) is 12.0 Å². The van der Waals surface area contributed by atoms with Crippen molar-refractivity contribution in [1.29, 1.82) is 0 Å². The van der Waals surface area contributed by atoms with E-state index in [0.717, 1.165) is 30.6 Å². The topological polar surface area (TPSA) is 109 Å². The van der Waals surface area contributed by atoms with Gasteiger partial charge in [-0.15, -0.1) is 11.8 Å². The lowest BCUT2D eigenvalue weighted by atomic mass is 9.91. The Bertz CT molecular complexity index is 689. The largest absolute Gasteiger partial charge is 0.550 e. The van der Waals surface area contributed by atoms with Crippen LogP contribution in [0.5, 0.6) is 0 Å². The molecule has 0 bridgehead atoms. The fourth-order valence-electron chi connectivity index (χ4n) is 4.26. The zero-order valence-electron chi connectivity index (χ0n) is 23.8. The molecule has 0 spiro atoms. The molecule has 36 heavy (non-hydrogen) atoms. The van der Waals surface area contributed by atoms with Gasteiger partial charge in [0, 0.05) is 22.9 Å². The average molecular weight is 526 g/mol. The lowest BCUT2D eigenvalue weighted by Gasteiger charge is -2.35. The van der Waals surface area contributed by atoms with Gasteiger partial charge in [0.2, 0.25) is 5.91 Å². The monoisotopic (exact) mass is 525 g/mol. The van der Waals surface area contributed by atoms with E-state index in [1.54, 1.807) is 13.8 Å². The van der Waals surface area contributed by atoms with Crippen LogP contribution in [0.3, 0.4) is 0 Å². The van der Waals surface area contributed by atoms with Crippen LogP contribution in [0.2, 0.25) is 0 Å². The molecule has 0 rings (SSSR count). The number of carboxylic acids is 2. The molecule has 3 atom stereocenters. The van der Waals surface area contributed by atoms with Crippen molar-refractivity contribution in [2.75, 3.05) is 5.75 Å². The zero-order valence-corrected chi connectivity index (χ0v) is 24.6. The lowest BCUT2D eigenvalue weighted by molar-refractivity contribution is -0.309. The van der Waals surface area contributed by atoms with E-state index in [-0.39, 0.29) is 6.42 Å². The van der Waals surface area contributed by atoms with Crippen LogP contribution in [0.25, 0.3) is 0 Å². The highest BCUT2D eigenvalue weighted by molar-refractivity contribution is 8.00. The van der Waals surface area contributed by atoms with Crippen LogP contribution in [0, 0.1) is 17.8 Å². The Morgan fingerprint density at radius 1 is 0.833 bits per heavy atom. The summed E-state index contributed by atoms with van der Waals surface area (Å²) in [7, 11) is 0. The summed E-state index contributed by atoms with van der Waals surface area (Å²) in [5.41, 5.74) is 1.28. The minimum absolute atomic E-state index is 0.318. The third-order valence-corrected chi connectivity index (χ3v) is 8.13. The number of carbonyl (C=O) groups is 3. The second kappa shape index (κ2) is 18.7. The number of hydrogen-bond donors (Lipinski definition) is 1. The van der Waals surface area contributed by atoms with Crippen molar-refractivity contribution in [3.63, 3.8) is 0 Å². The van der Waals surface area contributed by atoms with Crippen molar-refractivity contribution >= 4 is 29.6 Å². The van der Waals surface area contributed by atoms with Crippen molar-refractivity contribution in [2.24, 2.45) is 17.8 Å². The van der Waals surface area contributed by atoms with Gasteiger partial charge in [-0.1, -0.05) is 84.3 Å². The number of thioether (sulfide) groups is 1. The Morgan fingerprint density at radius 3 is 1.86 bits per heavy atom. The quantitative estimate of drug-likeness (QED) is 0.219. The van der Waals surface area contributed by atoms with Crippen molar-refractivity contribution < 1.29 is 24.6 Å². The van der Waals surface area contributed by atoms with Crippen LogP contribution in [0.1, 0.15) is 119 Å². The molecule has 0 aromatic rings. The molecule has 6 nitrogen and oxygen atoms in total. The second-order valence-corrected chi connectivity index (χ2v) is 13.2. The van der Waals surface area contributed by atoms with E-state index in [4.69, 9.17) is 0 Å². The lowest BCUT2D eigenvalue weighted by Crippen LogP contribution is -2.57. The maximum Gasteiger partial charge on any atom is 0.220 e. The Hall–Kier alpha value is -1.50. The molecule has 1 amide bonds. The molecule has 1 N–H and O–H groups in total. The van der Waals surface area contributed by atoms with Gasteiger partial charge in [0.1, 0.15) is 0 Å². The summed E-state index contributed by atoms with van der Waals surface area (Å²) >= 11 is 1.43. The molecule has 0 saturated carbocycles. The minimum atomic E-state index is -1.38. The van der Waals surface area contributed by atoms with Crippen molar-refractivity contribution in [1.82, 2.24) is 5.32 Å². The SMILES string of the molecule is C/C(=C\CSC(C)(C)[C@H](NC(=O)CCC(=O)[O-])C(=O)[O-])CCCC(C)CCCC(C)CCCC(C)C. The molecule has 0 saturated heterocycles. The molecule has 0 radical (unpaired) electrons. The number of carbonyl (C=O) groups excluding carboxylic acids is 3. The Labute approximate surface area is 224 Å². The fourth-order valence-corrected chi connectivity index (χ4v) is 5.38. The first-order valence-electron chi connectivity index (χ1n) is 13.7. The first kappa shape index (κ1) is 34.5. The van der Waals surface area contributed by atoms with Crippen LogP contribution >= 0.6 is 11.8 Å². The van der Waals surface area contributed by atoms with Crippen LogP contribution in [0.15, 0.2) is 11.6 Å². The first-order valence-corrected chi connectivity index (χ1v) is 14.7. The molecule has 7 heteroatoms. The number of allylic oxidation sites excluding steroid dienone is 1. The van der Waals surface area contributed by atoms with Gasteiger partial charge >= 0.3 is 0 Å². The standard InChI is InChI=1S/C29H53NO5S/c1-21(2)11-8-12-22(3)13-9-14-23(4)15-10-16-24(5)19-20-36-29(6,7)27(28(34)35)30-25(31)17-18-26(32)33/h19,21-23,27H,8-18,20H2,1-7H3,(H,30,31)(H,32,33)(H,34,35)/p-2/b24-19+/t22?,23?,27-/m1/s1. The summed E-state index contributed by atoms with van der Waals surface area (Å²) in [6.07, 6.45) is 12.7. The van der Waals surface area contributed by atoms with E-state index in [0.29, 0.717) is 5.75 Å². The highest BCUT2D eigenvalue weighted by Crippen LogP contribution is 2.29. The summed E-state index contributed by atoms with van der Waals surface area (Å²) in [6.45, 7) is 14.9. The maximum absolute atomic E-state index is 11.9. The molecular formula is C29H51NO5S-2. The van der Waals surface area contributed by atoms with Gasteiger partial charge < -0.3 is 25.1 Å². The van der Waals surface area contributed by atoms with Gasteiger partial charge in [0.25, 0.3) is 0 Å². The average Bonchev–Trinajstić information content (AvgIpc) is 2.75. The van der Waals surface area contributed by atoms with Gasteiger partial charge in [-0.3, -0.25) is 4.79 Å². The first-order chi connectivity index (χ1) is 16.7. The number of amides is 1. The minimum Gasteiger partial charge on any atom is -0.550 e. The van der Waals surface area contributed by atoms with Crippen molar-refractivity contribution in [3.8, 4) is 0 Å². The van der Waals surface area contributed by atoms with Crippen LogP contribution < -0.4 is 15.5 Å². The third-order valence-electron chi connectivity index (χ3n) is 6.82. The van der Waals surface area contributed by atoms with E-state index in [2.05, 4.69) is 46.0 Å². The molecule has 0 heterocycles. The number of carboxylic acid groups (broad SMARTS) is 2. The molecule has 0 aromatic carbocycles. The Morgan fingerprint density at radius 2 is 1.36 bits per heavy atom. The molecule has 0 aromatic heterocycles. The van der Waals surface area contributed by atoms with E-state index in [1.807, 2.05) is 0 Å². The summed E-state index contributed by atoms with van der Waals surface area (Å²) in [5.74, 6) is -0.366. The maximum atomic E-state index is 11.9. The number of rotatable bonds is 21. The second-order valence-electron chi connectivity index (χ2n) is 11.5. The molecule has 210 valence electrons. The van der Waals surface area contributed by atoms with Crippen LogP contribution in [0.4, 0.5) is 0 Å². The summed E-state index contributed by atoms with van der Waals surface area (Å²) in [6, 6.07) is -1.22. The van der Waals surface area contributed by atoms with Gasteiger partial charge in [-0.2, -0.15) is 0 Å². The highest BCUT2D eigenvalue weighted by Gasteiger charge is 2.32. The number of aliphatic carboxylic acids is 2. The Kier molecular flexibility index (Phi) is 17.9. The predicted molar refractivity (Wildman–Crippen MR) is 146 cm³/mol. The van der Waals surface area contributed by atoms with E-state index >= 15 is 0 Å². The molecular weight excluding hydrogens is 474 g/mol. The van der Waals surface area contributed by atoms with E-state index < -0.39 is 35.1 Å². The van der Waals surface area contributed by atoms with E-state index in [9.17, 15) is 24.6 Å². The number of hydrogen-bond acceptors (Lipinski definition) is 6. The molecule has 2 unspecified atom stereocenters. The summed E-state index contributed by atoms with van der Waals surface area (Å²) < 4.78 is -0.812. The third kappa shape index (κ3) is 17.9. The normalized spacial score (nSPS) is 14.9. The van der Waals surface area contributed by atoms with E-state index in [1.165, 1.54) is 62.3 Å². The van der Waals surface area contributed by atoms with Crippen LogP contribution in [-0.4, -0.2) is 34.4 Å². The fraction of sp³-hybridized carbons (Fsp3) is 0.828. The highest BCUT2D eigenvalue weighted by atomic mass is 32.2. The van der Waals surface area contributed by atoms with Gasteiger partial charge in [-0.05, 0) is 57.8 Å². The molecule has 0 aliphatic rings. The van der Waals surface area contributed by atoms with Gasteiger partial charge in [-0.25, -0.2) is 0 Å². The smallest absolute Gasteiger partial charge is 0.220 e. The van der Waals surface area contributed by atoms with Crippen molar-refractivity contribution in [3.05, 3.63) is 11.6 Å². The predicted octanol–water partition coefficient (Wildman–Crippen LogP) is 4.65. The Balaban J connectivity index is 4.31. The number of nitrogens with one attached hydrogen (secondary N) is 1. The molecule has 0 aliphatic carbocycles. The molecule has 0 aliphatic heterocycles. The summed E-state index contributed by atoms with van der Waals surface area (Å²) in [4.78, 5) is 34.1.